The Morgan fingerprint density at radius 3 is 2.32 bits per heavy atom. The predicted octanol–water partition coefficient (Wildman–Crippen LogP) is 5.42. The van der Waals surface area contributed by atoms with Gasteiger partial charge in [-0.2, -0.15) is 0 Å². The van der Waals surface area contributed by atoms with E-state index in [-0.39, 0.29) is 16.9 Å². The molecule has 142 valence electrons. The molecule has 0 N–H and O–H groups in total. The Morgan fingerprint density at radius 2 is 1.61 bits per heavy atom. The van der Waals surface area contributed by atoms with Gasteiger partial charge in [-0.15, -0.1) is 0 Å². The van der Waals surface area contributed by atoms with E-state index >= 15 is 0 Å². The number of hydrogen-bond acceptors (Lipinski definition) is 3. The molecule has 0 aliphatic heterocycles. The summed E-state index contributed by atoms with van der Waals surface area (Å²) in [5, 5.41) is 0. The number of rotatable bonds is 5. The molecular formula is C24H21FO3. The molecular weight excluding hydrogens is 355 g/mol. The Kier molecular flexibility index (Phi) is 5.11. The maximum Gasteiger partial charge on any atom is 0.347 e. The van der Waals surface area contributed by atoms with E-state index in [2.05, 4.69) is 0 Å². The minimum Gasteiger partial charge on any atom is -0.488 e. The van der Waals surface area contributed by atoms with Crippen molar-refractivity contribution in [3.63, 3.8) is 0 Å². The van der Waals surface area contributed by atoms with Crippen LogP contribution in [-0.4, -0.2) is 5.97 Å². The van der Waals surface area contributed by atoms with Crippen molar-refractivity contribution in [3.05, 3.63) is 94.3 Å². The third-order valence-corrected chi connectivity index (χ3v) is 5.07. The van der Waals surface area contributed by atoms with Crippen molar-refractivity contribution in [3.8, 4) is 11.5 Å². The number of benzene rings is 3. The molecule has 4 rings (SSSR count). The summed E-state index contributed by atoms with van der Waals surface area (Å²) >= 11 is 0. The number of carbonyl (C=O) groups excluding carboxylic acids is 1. The van der Waals surface area contributed by atoms with E-state index in [1.807, 2.05) is 36.4 Å². The van der Waals surface area contributed by atoms with Gasteiger partial charge in [0.1, 0.15) is 29.5 Å². The van der Waals surface area contributed by atoms with E-state index in [1.54, 1.807) is 31.2 Å². The standard InChI is InChI=1S/C24H21FO3/c1-16-21(24(26)28-18-11-6-3-7-12-18)23(20-14-8-13-19(20)22(16)25)27-15-17-9-4-2-5-10-17/h2-7,9-12H,8,13-15H2,1H3. The summed E-state index contributed by atoms with van der Waals surface area (Å²) in [5.74, 6) is -0.0436. The van der Waals surface area contributed by atoms with Crippen LogP contribution in [0.4, 0.5) is 4.39 Å². The second-order valence-corrected chi connectivity index (χ2v) is 6.93. The van der Waals surface area contributed by atoms with Gasteiger partial charge in [-0.3, -0.25) is 0 Å². The first-order chi connectivity index (χ1) is 13.6. The fourth-order valence-electron chi connectivity index (χ4n) is 3.68. The number of halogens is 1. The molecule has 0 radical (unpaired) electrons. The van der Waals surface area contributed by atoms with Gasteiger partial charge < -0.3 is 9.47 Å². The summed E-state index contributed by atoms with van der Waals surface area (Å²) in [7, 11) is 0. The number of hydrogen-bond donors (Lipinski definition) is 0. The molecule has 0 saturated heterocycles. The van der Waals surface area contributed by atoms with Crippen LogP contribution in [0.15, 0.2) is 60.7 Å². The van der Waals surface area contributed by atoms with Crippen LogP contribution in [0.2, 0.25) is 0 Å². The zero-order valence-electron chi connectivity index (χ0n) is 15.7. The zero-order chi connectivity index (χ0) is 19.5. The largest absolute Gasteiger partial charge is 0.488 e. The summed E-state index contributed by atoms with van der Waals surface area (Å²) in [6, 6.07) is 18.5. The SMILES string of the molecule is Cc1c(F)c2c(c(OCc3ccccc3)c1C(=O)Oc1ccccc1)CCC2. The summed E-state index contributed by atoms with van der Waals surface area (Å²) in [6.45, 7) is 1.93. The third-order valence-electron chi connectivity index (χ3n) is 5.07. The Hall–Kier alpha value is -3.14. The molecule has 0 unspecified atom stereocenters. The highest BCUT2D eigenvalue weighted by Gasteiger charge is 2.30. The third kappa shape index (κ3) is 3.50. The fraction of sp³-hybridized carbons (Fsp3) is 0.208. The normalized spacial score (nSPS) is 12.5. The van der Waals surface area contributed by atoms with Crippen LogP contribution in [0.25, 0.3) is 0 Å². The van der Waals surface area contributed by atoms with E-state index in [1.165, 1.54) is 0 Å². The first-order valence-corrected chi connectivity index (χ1v) is 9.43. The minimum absolute atomic E-state index is 0.179. The Balaban J connectivity index is 1.73. The van der Waals surface area contributed by atoms with Crippen molar-refractivity contribution in [2.24, 2.45) is 0 Å². The van der Waals surface area contributed by atoms with Gasteiger partial charge in [0.05, 0.1) is 0 Å². The minimum atomic E-state index is -0.597. The lowest BCUT2D eigenvalue weighted by Gasteiger charge is -2.18. The van der Waals surface area contributed by atoms with E-state index < -0.39 is 5.97 Å². The summed E-state index contributed by atoms with van der Waals surface area (Å²) < 4.78 is 26.5. The summed E-state index contributed by atoms with van der Waals surface area (Å²) in [6.07, 6.45) is 2.21. The lowest BCUT2D eigenvalue weighted by atomic mass is 9.98. The first kappa shape index (κ1) is 18.2. The van der Waals surface area contributed by atoms with Crippen molar-refractivity contribution >= 4 is 5.97 Å². The number of para-hydroxylation sites is 1. The molecule has 28 heavy (non-hydrogen) atoms. The summed E-state index contributed by atoms with van der Waals surface area (Å²) in [5.41, 5.74) is 2.90. The van der Waals surface area contributed by atoms with Gasteiger partial charge in [0, 0.05) is 11.1 Å². The second kappa shape index (κ2) is 7.85. The molecule has 3 aromatic carbocycles. The van der Waals surface area contributed by atoms with Crippen LogP contribution in [-0.2, 0) is 19.4 Å². The lowest BCUT2D eigenvalue weighted by Crippen LogP contribution is -2.16. The van der Waals surface area contributed by atoms with E-state index in [0.29, 0.717) is 36.5 Å². The molecule has 0 heterocycles. The number of fused-ring (bicyclic) bond motifs is 1. The molecule has 0 bridgehead atoms. The molecule has 0 atom stereocenters. The van der Waals surface area contributed by atoms with Gasteiger partial charge in [0.15, 0.2) is 0 Å². The highest BCUT2D eigenvalue weighted by molar-refractivity contribution is 5.96. The van der Waals surface area contributed by atoms with Gasteiger partial charge >= 0.3 is 5.97 Å². The molecule has 0 amide bonds. The van der Waals surface area contributed by atoms with Crippen LogP contribution in [0.1, 0.15) is 39.0 Å². The smallest absolute Gasteiger partial charge is 0.347 e. The average Bonchev–Trinajstić information content (AvgIpc) is 3.21. The van der Waals surface area contributed by atoms with Gasteiger partial charge in [-0.1, -0.05) is 48.5 Å². The van der Waals surface area contributed by atoms with Crippen LogP contribution in [0.5, 0.6) is 11.5 Å². The number of carbonyl (C=O) groups is 1. The van der Waals surface area contributed by atoms with Crippen LogP contribution in [0.3, 0.4) is 0 Å². The van der Waals surface area contributed by atoms with Crippen molar-refractivity contribution in [1.29, 1.82) is 0 Å². The average molecular weight is 376 g/mol. The molecule has 4 heteroatoms. The van der Waals surface area contributed by atoms with Gasteiger partial charge in [-0.25, -0.2) is 9.18 Å². The Morgan fingerprint density at radius 1 is 0.964 bits per heavy atom. The van der Waals surface area contributed by atoms with Gasteiger partial charge in [0.2, 0.25) is 0 Å². The first-order valence-electron chi connectivity index (χ1n) is 9.43. The fourth-order valence-corrected chi connectivity index (χ4v) is 3.68. The summed E-state index contributed by atoms with van der Waals surface area (Å²) in [4.78, 5) is 13.0. The highest BCUT2D eigenvalue weighted by Crippen LogP contribution is 2.39. The van der Waals surface area contributed by atoms with Crippen LogP contribution >= 0.6 is 0 Å². The van der Waals surface area contributed by atoms with Crippen molar-refractivity contribution in [2.45, 2.75) is 32.8 Å². The highest BCUT2D eigenvalue weighted by atomic mass is 19.1. The quantitative estimate of drug-likeness (QED) is 0.440. The molecule has 1 aliphatic carbocycles. The van der Waals surface area contributed by atoms with Crippen molar-refractivity contribution < 1.29 is 18.7 Å². The predicted molar refractivity (Wildman–Crippen MR) is 105 cm³/mol. The van der Waals surface area contributed by atoms with Crippen molar-refractivity contribution in [2.75, 3.05) is 0 Å². The Bertz CT molecular complexity index is 998. The van der Waals surface area contributed by atoms with E-state index in [0.717, 1.165) is 17.5 Å². The van der Waals surface area contributed by atoms with Crippen molar-refractivity contribution in [1.82, 2.24) is 0 Å². The number of ether oxygens (including phenoxy) is 2. The molecule has 3 nitrogen and oxygen atoms in total. The van der Waals surface area contributed by atoms with Crippen LogP contribution in [0, 0.1) is 12.7 Å². The molecule has 0 saturated carbocycles. The maximum atomic E-state index is 14.9. The van der Waals surface area contributed by atoms with Gasteiger partial charge in [0.25, 0.3) is 0 Å². The second-order valence-electron chi connectivity index (χ2n) is 6.93. The molecule has 1 aliphatic rings. The zero-order valence-corrected chi connectivity index (χ0v) is 15.7. The number of esters is 1. The van der Waals surface area contributed by atoms with Crippen LogP contribution < -0.4 is 9.47 Å². The lowest BCUT2D eigenvalue weighted by molar-refractivity contribution is 0.0728. The van der Waals surface area contributed by atoms with Gasteiger partial charge in [-0.05, 0) is 49.4 Å². The Labute approximate surface area is 163 Å². The topological polar surface area (TPSA) is 35.5 Å². The molecule has 0 fully saturated rings. The molecule has 3 aromatic rings. The monoisotopic (exact) mass is 376 g/mol. The molecule has 0 spiro atoms. The van der Waals surface area contributed by atoms with E-state index in [4.69, 9.17) is 9.47 Å². The van der Waals surface area contributed by atoms with E-state index in [9.17, 15) is 9.18 Å². The molecule has 0 aromatic heterocycles. The maximum absolute atomic E-state index is 14.9.